The van der Waals surface area contributed by atoms with Crippen molar-refractivity contribution in [3.63, 3.8) is 0 Å². The molecule has 19 heavy (non-hydrogen) atoms. The molecule has 1 heterocycles. The fourth-order valence-electron chi connectivity index (χ4n) is 1.88. The van der Waals surface area contributed by atoms with Crippen molar-refractivity contribution in [3.05, 3.63) is 41.0 Å². The van der Waals surface area contributed by atoms with Gasteiger partial charge in [-0.05, 0) is 39.0 Å². The fraction of sp³-hybridized carbons (Fsp3) is 0.400. The first-order valence-electron chi connectivity index (χ1n) is 6.34. The number of aliphatic hydroxyl groups is 1. The van der Waals surface area contributed by atoms with Gasteiger partial charge in [0.1, 0.15) is 0 Å². The van der Waals surface area contributed by atoms with Crippen LogP contribution in [0.3, 0.4) is 0 Å². The number of aromatic nitrogens is 1. The molecule has 0 aliphatic rings. The van der Waals surface area contributed by atoms with Gasteiger partial charge in [0.25, 0.3) is 0 Å². The van der Waals surface area contributed by atoms with Gasteiger partial charge in [0.05, 0.1) is 11.6 Å². The second kappa shape index (κ2) is 5.45. The molecule has 0 saturated carbocycles. The van der Waals surface area contributed by atoms with Crippen LogP contribution in [-0.2, 0) is 0 Å². The van der Waals surface area contributed by atoms with Crippen LogP contribution in [0, 0.1) is 0 Å². The molecule has 0 unspecified atom stereocenters. The van der Waals surface area contributed by atoms with Crippen molar-refractivity contribution in [1.82, 2.24) is 10.3 Å². The molecule has 0 fully saturated rings. The van der Waals surface area contributed by atoms with Crippen molar-refractivity contribution in [1.29, 1.82) is 0 Å². The Kier molecular flexibility index (Phi) is 4.09. The standard InChI is InChI=1S/C15H19ClN2O/c1-15(2,3)18-9-14(19)11-7-10-5-4-6-17-13(10)8-12(11)16/h4-8,14,18-19H,9H2,1-3H3/t14-/m0/s1. The second-order valence-electron chi connectivity index (χ2n) is 5.72. The minimum Gasteiger partial charge on any atom is -0.387 e. The van der Waals surface area contributed by atoms with Crippen molar-refractivity contribution in [2.45, 2.75) is 32.4 Å². The van der Waals surface area contributed by atoms with E-state index in [0.717, 1.165) is 16.5 Å². The molecule has 0 radical (unpaired) electrons. The van der Waals surface area contributed by atoms with E-state index in [-0.39, 0.29) is 5.54 Å². The average molecular weight is 279 g/mol. The zero-order chi connectivity index (χ0) is 14.0. The molecule has 2 aromatic rings. The third-order valence-electron chi connectivity index (χ3n) is 2.91. The summed E-state index contributed by atoms with van der Waals surface area (Å²) in [6.45, 7) is 6.65. The molecule has 102 valence electrons. The van der Waals surface area contributed by atoms with Gasteiger partial charge in [-0.1, -0.05) is 17.7 Å². The van der Waals surface area contributed by atoms with Crippen LogP contribution in [0.25, 0.3) is 10.9 Å². The summed E-state index contributed by atoms with van der Waals surface area (Å²) in [6, 6.07) is 7.54. The summed E-state index contributed by atoms with van der Waals surface area (Å²) in [5.41, 5.74) is 1.54. The Morgan fingerprint density at radius 1 is 1.37 bits per heavy atom. The molecule has 2 N–H and O–H groups in total. The Bertz CT molecular complexity index is 578. The summed E-state index contributed by atoms with van der Waals surface area (Å²) < 4.78 is 0. The second-order valence-corrected chi connectivity index (χ2v) is 6.12. The van der Waals surface area contributed by atoms with E-state index < -0.39 is 6.10 Å². The highest BCUT2D eigenvalue weighted by Gasteiger charge is 2.16. The molecule has 1 aromatic heterocycles. The van der Waals surface area contributed by atoms with Gasteiger partial charge in [0, 0.05) is 34.3 Å². The molecule has 0 bridgehead atoms. The quantitative estimate of drug-likeness (QED) is 0.905. The Morgan fingerprint density at radius 3 is 2.79 bits per heavy atom. The van der Waals surface area contributed by atoms with Gasteiger partial charge in [-0.2, -0.15) is 0 Å². The van der Waals surface area contributed by atoms with Gasteiger partial charge < -0.3 is 10.4 Å². The molecule has 3 nitrogen and oxygen atoms in total. The zero-order valence-corrected chi connectivity index (χ0v) is 12.2. The van der Waals surface area contributed by atoms with Crippen LogP contribution in [0.5, 0.6) is 0 Å². The highest BCUT2D eigenvalue weighted by Crippen LogP contribution is 2.27. The van der Waals surface area contributed by atoms with Crippen LogP contribution in [0.15, 0.2) is 30.5 Å². The molecular weight excluding hydrogens is 260 g/mol. The Labute approximate surface area is 118 Å². The SMILES string of the molecule is CC(C)(C)NC[C@H](O)c1cc2cccnc2cc1Cl. The number of nitrogens with one attached hydrogen (secondary N) is 1. The van der Waals surface area contributed by atoms with Crippen LogP contribution < -0.4 is 5.32 Å². The minimum atomic E-state index is -0.628. The number of hydrogen-bond acceptors (Lipinski definition) is 3. The van der Waals surface area contributed by atoms with Gasteiger partial charge in [-0.3, -0.25) is 4.98 Å². The largest absolute Gasteiger partial charge is 0.387 e. The number of pyridine rings is 1. The van der Waals surface area contributed by atoms with Crippen molar-refractivity contribution in [2.75, 3.05) is 6.54 Å². The maximum atomic E-state index is 10.3. The lowest BCUT2D eigenvalue weighted by Crippen LogP contribution is -2.38. The van der Waals surface area contributed by atoms with Gasteiger partial charge in [-0.15, -0.1) is 0 Å². The number of benzene rings is 1. The number of hydrogen-bond donors (Lipinski definition) is 2. The third-order valence-corrected chi connectivity index (χ3v) is 3.23. The summed E-state index contributed by atoms with van der Waals surface area (Å²) in [7, 11) is 0. The summed E-state index contributed by atoms with van der Waals surface area (Å²) in [4.78, 5) is 4.25. The van der Waals surface area contributed by atoms with Crippen molar-refractivity contribution < 1.29 is 5.11 Å². The molecule has 0 spiro atoms. The monoisotopic (exact) mass is 278 g/mol. The minimum absolute atomic E-state index is 0.0359. The van der Waals surface area contributed by atoms with Gasteiger partial charge in [-0.25, -0.2) is 0 Å². The summed E-state index contributed by atoms with van der Waals surface area (Å²) in [6.07, 6.45) is 1.10. The number of aliphatic hydroxyl groups excluding tert-OH is 1. The molecule has 0 aliphatic heterocycles. The number of rotatable bonds is 3. The van der Waals surface area contributed by atoms with E-state index in [4.69, 9.17) is 11.6 Å². The lowest BCUT2D eigenvalue weighted by molar-refractivity contribution is 0.163. The Morgan fingerprint density at radius 2 is 2.11 bits per heavy atom. The average Bonchev–Trinajstić information content (AvgIpc) is 2.34. The van der Waals surface area contributed by atoms with E-state index in [1.54, 1.807) is 12.3 Å². The van der Waals surface area contributed by atoms with Crippen molar-refractivity contribution in [2.24, 2.45) is 0 Å². The molecule has 0 saturated heterocycles. The maximum Gasteiger partial charge on any atom is 0.0929 e. The van der Waals surface area contributed by atoms with Crippen LogP contribution in [0.4, 0.5) is 0 Å². The lowest BCUT2D eigenvalue weighted by atomic mass is 10.0. The fourth-order valence-corrected chi connectivity index (χ4v) is 2.16. The zero-order valence-electron chi connectivity index (χ0n) is 11.4. The first-order chi connectivity index (χ1) is 8.87. The van der Waals surface area contributed by atoms with E-state index in [9.17, 15) is 5.11 Å². The van der Waals surface area contributed by atoms with E-state index in [2.05, 4.69) is 31.1 Å². The normalized spacial score (nSPS) is 13.7. The molecule has 1 aromatic carbocycles. The third kappa shape index (κ3) is 3.66. The number of nitrogens with zero attached hydrogens (tertiary/aromatic N) is 1. The number of halogens is 1. The smallest absolute Gasteiger partial charge is 0.0929 e. The number of fused-ring (bicyclic) bond motifs is 1. The molecule has 0 aliphatic carbocycles. The van der Waals surface area contributed by atoms with Crippen LogP contribution in [0.2, 0.25) is 5.02 Å². The first-order valence-corrected chi connectivity index (χ1v) is 6.72. The van der Waals surface area contributed by atoms with E-state index in [0.29, 0.717) is 11.6 Å². The van der Waals surface area contributed by atoms with Crippen LogP contribution in [0.1, 0.15) is 32.4 Å². The van der Waals surface area contributed by atoms with Crippen molar-refractivity contribution in [3.8, 4) is 0 Å². The topological polar surface area (TPSA) is 45.1 Å². The molecule has 4 heteroatoms. The molecule has 0 amide bonds. The summed E-state index contributed by atoms with van der Waals surface area (Å²) in [5, 5.41) is 15.1. The maximum absolute atomic E-state index is 10.3. The molecule has 1 atom stereocenters. The van der Waals surface area contributed by atoms with Gasteiger partial charge in [0.15, 0.2) is 0 Å². The van der Waals surface area contributed by atoms with Gasteiger partial charge >= 0.3 is 0 Å². The first kappa shape index (κ1) is 14.3. The predicted molar refractivity (Wildman–Crippen MR) is 79.5 cm³/mol. The highest BCUT2D eigenvalue weighted by molar-refractivity contribution is 6.32. The highest BCUT2D eigenvalue weighted by atomic mass is 35.5. The summed E-state index contributed by atoms with van der Waals surface area (Å²) >= 11 is 6.22. The Balaban J connectivity index is 2.26. The van der Waals surface area contributed by atoms with Crippen LogP contribution in [-0.4, -0.2) is 22.2 Å². The van der Waals surface area contributed by atoms with E-state index >= 15 is 0 Å². The van der Waals surface area contributed by atoms with E-state index in [1.807, 2.05) is 18.2 Å². The van der Waals surface area contributed by atoms with Gasteiger partial charge in [0.2, 0.25) is 0 Å². The molecule has 2 rings (SSSR count). The Hall–Kier alpha value is -1.16. The number of β-amino-alcohol motifs (C(OH)–C–C–N with tert-alkyl or cyclic N) is 1. The van der Waals surface area contributed by atoms with Crippen molar-refractivity contribution >= 4 is 22.5 Å². The molecular formula is C15H19ClN2O. The predicted octanol–water partition coefficient (Wildman–Crippen LogP) is 3.31. The van der Waals surface area contributed by atoms with Crippen LogP contribution >= 0.6 is 11.6 Å². The van der Waals surface area contributed by atoms with E-state index in [1.165, 1.54) is 0 Å². The lowest BCUT2D eigenvalue weighted by Gasteiger charge is -2.23. The summed E-state index contributed by atoms with van der Waals surface area (Å²) in [5.74, 6) is 0.